The second-order valence-corrected chi connectivity index (χ2v) is 10.7. The molecule has 2 amide bonds. The van der Waals surface area contributed by atoms with Crippen molar-refractivity contribution in [2.75, 3.05) is 44.1 Å². The Bertz CT molecular complexity index is 1220. The van der Waals surface area contributed by atoms with Gasteiger partial charge < -0.3 is 19.3 Å². The minimum absolute atomic E-state index is 0.0167. The minimum Gasteiger partial charge on any atom is -0.486 e. The molecule has 2 aromatic rings. The lowest BCUT2D eigenvalue weighted by Crippen LogP contribution is -2.51. The first-order chi connectivity index (χ1) is 16.9. The van der Waals surface area contributed by atoms with Gasteiger partial charge in [0.15, 0.2) is 11.5 Å². The first-order valence-corrected chi connectivity index (χ1v) is 13.5. The molecule has 1 saturated carbocycles. The number of benzene rings is 2. The molecule has 2 heterocycles. The van der Waals surface area contributed by atoms with Crippen molar-refractivity contribution in [3.05, 3.63) is 48.0 Å². The van der Waals surface area contributed by atoms with Gasteiger partial charge in [0.05, 0.1) is 16.1 Å². The third kappa shape index (κ3) is 4.93. The van der Waals surface area contributed by atoms with Crippen LogP contribution in [0.4, 0.5) is 5.69 Å². The van der Waals surface area contributed by atoms with Gasteiger partial charge in [-0.25, -0.2) is 8.42 Å². The van der Waals surface area contributed by atoms with Crippen LogP contribution in [0.2, 0.25) is 0 Å². The molecule has 5 rings (SSSR count). The van der Waals surface area contributed by atoms with Gasteiger partial charge in [-0.1, -0.05) is 25.0 Å². The highest BCUT2D eigenvalue weighted by atomic mass is 32.2. The van der Waals surface area contributed by atoms with E-state index in [1.807, 2.05) is 4.90 Å². The number of sulfonamides is 1. The van der Waals surface area contributed by atoms with Crippen LogP contribution in [0.15, 0.2) is 47.4 Å². The van der Waals surface area contributed by atoms with Crippen LogP contribution in [0.3, 0.4) is 0 Å². The van der Waals surface area contributed by atoms with Crippen molar-refractivity contribution in [2.45, 2.75) is 30.6 Å². The first kappa shape index (κ1) is 23.5. The SMILES string of the molecule is O=C(c1ccccc1NS(=O)(=O)c1ccc2c(c1)OCCO2)N1CCN(C(=O)C2CCCC2)CC1. The predicted octanol–water partition coefficient (Wildman–Crippen LogP) is 2.73. The van der Waals surface area contributed by atoms with Crippen LogP contribution in [0.5, 0.6) is 11.5 Å². The first-order valence-electron chi connectivity index (χ1n) is 12.0. The highest BCUT2D eigenvalue weighted by Crippen LogP contribution is 2.33. The quantitative estimate of drug-likeness (QED) is 0.678. The van der Waals surface area contributed by atoms with E-state index in [1.54, 1.807) is 35.2 Å². The standard InChI is InChI=1S/C25H29N3O6S/c29-24(18-5-1-2-6-18)27-11-13-28(14-12-27)25(30)20-7-3-4-8-21(20)26-35(31,32)19-9-10-22-23(17-19)34-16-15-33-22/h3-4,7-10,17-18,26H,1-2,5-6,11-16H2. The third-order valence-electron chi connectivity index (χ3n) is 6.81. The van der Waals surface area contributed by atoms with Crippen molar-refractivity contribution < 1.29 is 27.5 Å². The Morgan fingerprint density at radius 3 is 2.26 bits per heavy atom. The van der Waals surface area contributed by atoms with Crippen molar-refractivity contribution in [1.82, 2.24) is 9.80 Å². The lowest BCUT2D eigenvalue weighted by molar-refractivity contribution is -0.136. The molecule has 186 valence electrons. The number of carbonyl (C=O) groups excluding carboxylic acids is 2. The summed E-state index contributed by atoms with van der Waals surface area (Å²) in [5.74, 6) is 0.915. The van der Waals surface area contributed by atoms with Gasteiger partial charge in [0.25, 0.3) is 15.9 Å². The van der Waals surface area contributed by atoms with E-state index >= 15 is 0 Å². The molecule has 2 fully saturated rings. The van der Waals surface area contributed by atoms with Gasteiger partial charge in [-0.15, -0.1) is 0 Å². The second-order valence-electron chi connectivity index (χ2n) is 9.06. The van der Waals surface area contributed by atoms with Crippen LogP contribution in [-0.4, -0.2) is 69.4 Å². The Morgan fingerprint density at radius 2 is 1.51 bits per heavy atom. The topological polar surface area (TPSA) is 105 Å². The Hall–Kier alpha value is -3.27. The van der Waals surface area contributed by atoms with E-state index in [9.17, 15) is 18.0 Å². The van der Waals surface area contributed by atoms with Gasteiger partial charge in [-0.3, -0.25) is 14.3 Å². The molecule has 0 aromatic heterocycles. The van der Waals surface area contributed by atoms with Crippen LogP contribution < -0.4 is 14.2 Å². The van der Waals surface area contributed by atoms with Crippen molar-refractivity contribution in [3.8, 4) is 11.5 Å². The van der Waals surface area contributed by atoms with Gasteiger partial charge >= 0.3 is 0 Å². The number of hydrogen-bond donors (Lipinski definition) is 1. The van der Waals surface area contributed by atoms with Crippen molar-refractivity contribution in [3.63, 3.8) is 0 Å². The van der Waals surface area contributed by atoms with E-state index in [4.69, 9.17) is 9.47 Å². The number of ether oxygens (including phenoxy) is 2. The Labute approximate surface area is 205 Å². The fourth-order valence-corrected chi connectivity index (χ4v) is 5.98. The number of piperazine rings is 1. The molecule has 0 atom stereocenters. The average Bonchev–Trinajstić information content (AvgIpc) is 3.43. The number of nitrogens with zero attached hydrogens (tertiary/aromatic N) is 2. The Kier molecular flexibility index (Phi) is 6.55. The van der Waals surface area contributed by atoms with E-state index in [-0.39, 0.29) is 33.9 Å². The molecule has 0 unspecified atom stereocenters. The molecule has 1 N–H and O–H groups in total. The largest absolute Gasteiger partial charge is 0.486 e. The lowest BCUT2D eigenvalue weighted by Gasteiger charge is -2.36. The number of carbonyl (C=O) groups is 2. The Morgan fingerprint density at radius 1 is 0.857 bits per heavy atom. The Balaban J connectivity index is 1.28. The summed E-state index contributed by atoms with van der Waals surface area (Å²) in [5, 5.41) is 0. The van der Waals surface area contributed by atoms with Crippen LogP contribution in [0, 0.1) is 5.92 Å². The van der Waals surface area contributed by atoms with E-state index in [0.717, 1.165) is 25.7 Å². The highest BCUT2D eigenvalue weighted by molar-refractivity contribution is 7.92. The fraction of sp³-hybridized carbons (Fsp3) is 0.440. The van der Waals surface area contributed by atoms with Crippen LogP contribution in [0.25, 0.3) is 0 Å². The molecule has 10 heteroatoms. The normalized spacial score (nSPS) is 18.4. The van der Waals surface area contributed by atoms with E-state index in [0.29, 0.717) is 50.9 Å². The van der Waals surface area contributed by atoms with Gasteiger partial charge in [0.2, 0.25) is 5.91 Å². The molecule has 3 aliphatic rings. The van der Waals surface area contributed by atoms with E-state index < -0.39 is 10.0 Å². The highest BCUT2D eigenvalue weighted by Gasteiger charge is 2.31. The molecule has 0 bridgehead atoms. The summed E-state index contributed by atoms with van der Waals surface area (Å²) in [5.41, 5.74) is 0.473. The third-order valence-corrected chi connectivity index (χ3v) is 8.17. The zero-order chi connectivity index (χ0) is 24.4. The summed E-state index contributed by atoms with van der Waals surface area (Å²) in [6.45, 7) is 2.58. The summed E-state index contributed by atoms with van der Waals surface area (Å²) in [6, 6.07) is 11.0. The number of amides is 2. The number of nitrogens with one attached hydrogen (secondary N) is 1. The van der Waals surface area contributed by atoms with E-state index in [1.165, 1.54) is 12.1 Å². The molecule has 0 radical (unpaired) electrons. The fourth-order valence-electron chi connectivity index (χ4n) is 4.88. The monoisotopic (exact) mass is 499 g/mol. The predicted molar refractivity (Wildman–Crippen MR) is 129 cm³/mol. The summed E-state index contributed by atoms with van der Waals surface area (Å²) < 4.78 is 39.7. The maximum Gasteiger partial charge on any atom is 0.262 e. The molecular formula is C25H29N3O6S. The molecule has 2 aliphatic heterocycles. The van der Waals surface area contributed by atoms with Crippen molar-refractivity contribution in [2.24, 2.45) is 5.92 Å². The maximum atomic E-state index is 13.3. The van der Waals surface area contributed by atoms with Gasteiger partial charge in [-0.05, 0) is 37.1 Å². The molecule has 2 aromatic carbocycles. The van der Waals surface area contributed by atoms with E-state index in [2.05, 4.69) is 4.72 Å². The lowest BCUT2D eigenvalue weighted by atomic mass is 10.1. The molecule has 35 heavy (non-hydrogen) atoms. The molecule has 9 nitrogen and oxygen atoms in total. The molecule has 1 aliphatic carbocycles. The number of rotatable bonds is 5. The summed E-state index contributed by atoms with van der Waals surface area (Å²) in [4.78, 5) is 29.6. The van der Waals surface area contributed by atoms with Crippen molar-refractivity contribution >= 4 is 27.5 Å². The van der Waals surface area contributed by atoms with Gasteiger partial charge in [-0.2, -0.15) is 0 Å². The van der Waals surface area contributed by atoms with Gasteiger partial charge in [0, 0.05) is 38.2 Å². The van der Waals surface area contributed by atoms with Crippen LogP contribution in [-0.2, 0) is 14.8 Å². The molecule has 0 spiro atoms. The zero-order valence-corrected chi connectivity index (χ0v) is 20.3. The number of hydrogen-bond acceptors (Lipinski definition) is 6. The zero-order valence-electron chi connectivity index (χ0n) is 19.4. The molecule has 1 saturated heterocycles. The van der Waals surface area contributed by atoms with Crippen LogP contribution >= 0.6 is 0 Å². The summed E-state index contributed by atoms with van der Waals surface area (Å²) in [7, 11) is -3.97. The van der Waals surface area contributed by atoms with Crippen molar-refractivity contribution in [1.29, 1.82) is 0 Å². The second kappa shape index (κ2) is 9.77. The number of fused-ring (bicyclic) bond motifs is 1. The summed E-state index contributed by atoms with van der Waals surface area (Å²) >= 11 is 0. The molecular weight excluding hydrogens is 470 g/mol. The number of anilines is 1. The minimum atomic E-state index is -3.97. The van der Waals surface area contributed by atoms with Crippen LogP contribution in [0.1, 0.15) is 36.0 Å². The average molecular weight is 500 g/mol. The maximum absolute atomic E-state index is 13.3. The smallest absolute Gasteiger partial charge is 0.262 e. The van der Waals surface area contributed by atoms with Gasteiger partial charge in [0.1, 0.15) is 13.2 Å². The summed E-state index contributed by atoms with van der Waals surface area (Å²) in [6.07, 6.45) is 4.12. The number of para-hydroxylation sites is 1.